The number of hydrogen-bond donors (Lipinski definition) is 1. The summed E-state index contributed by atoms with van der Waals surface area (Å²) < 4.78 is 1.01. The first kappa shape index (κ1) is 10.5. The van der Waals surface area contributed by atoms with Crippen LogP contribution in [0.25, 0.3) is 0 Å². The summed E-state index contributed by atoms with van der Waals surface area (Å²) in [7, 11) is 0. The van der Waals surface area contributed by atoms with E-state index in [1.165, 1.54) is 19.3 Å². The lowest BCUT2D eigenvalue weighted by molar-refractivity contribution is 0.760. The van der Waals surface area contributed by atoms with Crippen LogP contribution in [-0.4, -0.2) is 6.54 Å². The third-order valence-electron chi connectivity index (χ3n) is 2.67. The van der Waals surface area contributed by atoms with Crippen LogP contribution in [0.5, 0.6) is 0 Å². The molecule has 0 unspecified atom stereocenters. The molecular weight excluding hydrogens is 252 g/mol. The number of halogens is 1. The summed E-state index contributed by atoms with van der Waals surface area (Å²) in [6, 6.07) is 7.89. The fraction of sp³-hybridized carbons (Fsp3) is 0.417. The molecule has 0 aliphatic heterocycles. The van der Waals surface area contributed by atoms with E-state index >= 15 is 0 Å². The molecule has 1 aliphatic carbocycles. The highest BCUT2D eigenvalue weighted by Gasteiger charge is 2.20. The van der Waals surface area contributed by atoms with Crippen molar-refractivity contribution in [3.05, 3.63) is 28.2 Å². The van der Waals surface area contributed by atoms with Gasteiger partial charge in [-0.1, -0.05) is 28.8 Å². The van der Waals surface area contributed by atoms with Crippen molar-refractivity contribution >= 4 is 21.6 Å². The normalized spacial score (nSPS) is 14.7. The predicted octanol–water partition coefficient (Wildman–Crippen LogP) is 3.53. The first-order valence-corrected chi connectivity index (χ1v) is 6.02. The molecule has 3 heteroatoms. The highest BCUT2D eigenvalue weighted by molar-refractivity contribution is 9.10. The van der Waals surface area contributed by atoms with Crippen LogP contribution in [0.15, 0.2) is 22.7 Å². The van der Waals surface area contributed by atoms with E-state index in [0.717, 1.165) is 22.6 Å². The van der Waals surface area contributed by atoms with Crippen molar-refractivity contribution in [2.24, 2.45) is 5.92 Å². The lowest BCUT2D eigenvalue weighted by Crippen LogP contribution is -2.03. The SMILES string of the molecule is N#Cc1ccc(Br)cc1NCCC1CC1. The molecule has 0 amide bonds. The van der Waals surface area contributed by atoms with Crippen molar-refractivity contribution in [2.45, 2.75) is 19.3 Å². The van der Waals surface area contributed by atoms with Gasteiger partial charge < -0.3 is 5.32 Å². The number of anilines is 1. The first-order chi connectivity index (χ1) is 7.29. The van der Waals surface area contributed by atoms with Gasteiger partial charge in [-0.3, -0.25) is 0 Å². The first-order valence-electron chi connectivity index (χ1n) is 5.23. The Kier molecular flexibility index (Phi) is 3.27. The van der Waals surface area contributed by atoms with Crippen molar-refractivity contribution < 1.29 is 0 Å². The van der Waals surface area contributed by atoms with Gasteiger partial charge in [-0.05, 0) is 30.5 Å². The van der Waals surface area contributed by atoms with Crippen LogP contribution < -0.4 is 5.32 Å². The average molecular weight is 265 g/mol. The van der Waals surface area contributed by atoms with Crippen LogP contribution in [0.1, 0.15) is 24.8 Å². The van der Waals surface area contributed by atoms with Gasteiger partial charge in [0.15, 0.2) is 0 Å². The van der Waals surface area contributed by atoms with E-state index in [4.69, 9.17) is 5.26 Å². The number of rotatable bonds is 4. The largest absolute Gasteiger partial charge is 0.384 e. The Hall–Kier alpha value is -1.01. The third-order valence-corrected chi connectivity index (χ3v) is 3.16. The molecule has 2 nitrogen and oxygen atoms in total. The monoisotopic (exact) mass is 264 g/mol. The highest BCUT2D eigenvalue weighted by Crippen LogP contribution is 2.32. The van der Waals surface area contributed by atoms with Gasteiger partial charge in [-0.15, -0.1) is 0 Å². The quantitative estimate of drug-likeness (QED) is 0.903. The molecule has 0 saturated heterocycles. The standard InChI is InChI=1S/C12H13BrN2/c13-11-4-3-10(8-14)12(7-11)15-6-5-9-1-2-9/h3-4,7,9,15H,1-2,5-6H2. The zero-order chi connectivity index (χ0) is 10.7. The van der Waals surface area contributed by atoms with Crippen LogP contribution in [0.3, 0.4) is 0 Å². The molecule has 1 aliphatic rings. The van der Waals surface area contributed by atoms with Crippen molar-refractivity contribution in [3.8, 4) is 6.07 Å². The van der Waals surface area contributed by atoms with E-state index in [-0.39, 0.29) is 0 Å². The molecule has 0 atom stereocenters. The molecule has 1 aromatic carbocycles. The number of nitriles is 1. The van der Waals surface area contributed by atoms with Crippen LogP contribution in [-0.2, 0) is 0 Å². The molecule has 0 radical (unpaired) electrons. The lowest BCUT2D eigenvalue weighted by atomic mass is 10.2. The minimum absolute atomic E-state index is 0.717. The van der Waals surface area contributed by atoms with E-state index in [0.29, 0.717) is 5.56 Å². The minimum atomic E-state index is 0.717. The maximum Gasteiger partial charge on any atom is 0.101 e. The van der Waals surface area contributed by atoms with Gasteiger partial charge in [0.05, 0.1) is 11.3 Å². The summed E-state index contributed by atoms with van der Waals surface area (Å²) in [5.41, 5.74) is 1.65. The fourth-order valence-corrected chi connectivity index (χ4v) is 1.94. The van der Waals surface area contributed by atoms with E-state index in [1.54, 1.807) is 0 Å². The van der Waals surface area contributed by atoms with E-state index in [1.807, 2.05) is 18.2 Å². The van der Waals surface area contributed by atoms with Crippen molar-refractivity contribution in [1.82, 2.24) is 0 Å². The molecule has 1 N–H and O–H groups in total. The summed E-state index contributed by atoms with van der Waals surface area (Å²) in [5.74, 6) is 0.926. The Morgan fingerprint density at radius 2 is 2.27 bits per heavy atom. The topological polar surface area (TPSA) is 35.8 Å². The number of nitrogens with zero attached hydrogens (tertiary/aromatic N) is 1. The van der Waals surface area contributed by atoms with Crippen molar-refractivity contribution in [1.29, 1.82) is 5.26 Å². The molecule has 2 rings (SSSR count). The summed E-state index contributed by atoms with van der Waals surface area (Å²) in [6.07, 6.45) is 3.98. The van der Waals surface area contributed by atoms with Crippen molar-refractivity contribution in [2.75, 3.05) is 11.9 Å². The predicted molar refractivity (Wildman–Crippen MR) is 64.7 cm³/mol. The Bertz CT molecular complexity index is 391. The molecule has 78 valence electrons. The van der Waals surface area contributed by atoms with Crippen LogP contribution in [0.4, 0.5) is 5.69 Å². The second kappa shape index (κ2) is 4.67. The second-order valence-corrected chi connectivity index (χ2v) is 4.88. The molecule has 0 spiro atoms. The Morgan fingerprint density at radius 1 is 1.47 bits per heavy atom. The summed E-state index contributed by atoms with van der Waals surface area (Å²) in [5, 5.41) is 12.2. The smallest absolute Gasteiger partial charge is 0.101 e. The average Bonchev–Trinajstić information content (AvgIpc) is 3.02. The molecule has 1 fully saturated rings. The van der Waals surface area contributed by atoms with Gasteiger partial charge in [0.2, 0.25) is 0 Å². The van der Waals surface area contributed by atoms with Crippen LogP contribution in [0.2, 0.25) is 0 Å². The van der Waals surface area contributed by atoms with Gasteiger partial charge in [0.25, 0.3) is 0 Å². The van der Waals surface area contributed by atoms with Gasteiger partial charge in [-0.2, -0.15) is 5.26 Å². The van der Waals surface area contributed by atoms with Crippen molar-refractivity contribution in [3.63, 3.8) is 0 Å². The van der Waals surface area contributed by atoms with Gasteiger partial charge in [-0.25, -0.2) is 0 Å². The molecular formula is C12H13BrN2. The van der Waals surface area contributed by atoms with Gasteiger partial charge >= 0.3 is 0 Å². The molecule has 0 heterocycles. The highest BCUT2D eigenvalue weighted by atomic mass is 79.9. The molecule has 15 heavy (non-hydrogen) atoms. The summed E-state index contributed by atoms with van der Waals surface area (Å²) >= 11 is 3.41. The third kappa shape index (κ3) is 2.97. The van der Waals surface area contributed by atoms with Gasteiger partial charge in [0, 0.05) is 11.0 Å². The van der Waals surface area contributed by atoms with E-state index < -0.39 is 0 Å². The molecule has 0 bridgehead atoms. The summed E-state index contributed by atoms with van der Waals surface area (Å²) in [4.78, 5) is 0. The number of nitrogens with one attached hydrogen (secondary N) is 1. The zero-order valence-electron chi connectivity index (χ0n) is 8.46. The Morgan fingerprint density at radius 3 is 2.93 bits per heavy atom. The second-order valence-electron chi connectivity index (χ2n) is 3.96. The van der Waals surface area contributed by atoms with Gasteiger partial charge in [0.1, 0.15) is 6.07 Å². The van der Waals surface area contributed by atoms with Crippen LogP contribution >= 0.6 is 15.9 Å². The Balaban J connectivity index is 1.98. The zero-order valence-corrected chi connectivity index (χ0v) is 10.0. The lowest BCUT2D eigenvalue weighted by Gasteiger charge is -2.07. The maximum absolute atomic E-state index is 8.92. The van der Waals surface area contributed by atoms with E-state index in [2.05, 4.69) is 27.3 Å². The van der Waals surface area contributed by atoms with E-state index in [9.17, 15) is 0 Å². The number of hydrogen-bond acceptors (Lipinski definition) is 2. The molecule has 1 aromatic rings. The molecule has 1 saturated carbocycles. The fourth-order valence-electron chi connectivity index (χ4n) is 1.58. The minimum Gasteiger partial charge on any atom is -0.384 e. The Labute approximate surface area is 98.4 Å². The molecule has 0 aromatic heterocycles. The summed E-state index contributed by atoms with van der Waals surface area (Å²) in [6.45, 7) is 0.968. The number of benzene rings is 1. The van der Waals surface area contributed by atoms with Crippen LogP contribution in [0, 0.1) is 17.2 Å². The maximum atomic E-state index is 8.92.